The lowest BCUT2D eigenvalue weighted by molar-refractivity contribution is -0.138. The SMILES string of the molecule is CC(C(=O)N1CCCCC1)N1CCN(c2ccc(C(F)(F)F)cn2)CC1. The van der Waals surface area contributed by atoms with Gasteiger partial charge in [0.2, 0.25) is 5.91 Å². The number of pyridine rings is 1. The van der Waals surface area contributed by atoms with E-state index in [4.69, 9.17) is 0 Å². The maximum Gasteiger partial charge on any atom is 0.417 e. The predicted molar refractivity (Wildman–Crippen MR) is 92.9 cm³/mol. The lowest BCUT2D eigenvalue weighted by Gasteiger charge is -2.40. The minimum atomic E-state index is -4.37. The van der Waals surface area contributed by atoms with E-state index in [0.29, 0.717) is 32.0 Å². The minimum Gasteiger partial charge on any atom is -0.354 e. The van der Waals surface area contributed by atoms with Crippen molar-refractivity contribution in [3.8, 4) is 0 Å². The van der Waals surface area contributed by atoms with E-state index >= 15 is 0 Å². The second-order valence-corrected chi connectivity index (χ2v) is 6.99. The summed E-state index contributed by atoms with van der Waals surface area (Å²) < 4.78 is 37.9. The molecule has 3 heterocycles. The lowest BCUT2D eigenvalue weighted by Crippen LogP contribution is -2.55. The molecule has 1 amide bonds. The van der Waals surface area contributed by atoms with Gasteiger partial charge in [0, 0.05) is 45.5 Å². The highest BCUT2D eigenvalue weighted by atomic mass is 19.4. The maximum atomic E-state index is 12.6. The lowest BCUT2D eigenvalue weighted by atomic mass is 10.1. The second kappa shape index (κ2) is 7.82. The molecular weight excluding hydrogens is 345 g/mol. The van der Waals surface area contributed by atoms with Crippen LogP contribution < -0.4 is 4.90 Å². The van der Waals surface area contributed by atoms with Gasteiger partial charge >= 0.3 is 6.18 Å². The van der Waals surface area contributed by atoms with Gasteiger partial charge in [-0.15, -0.1) is 0 Å². The van der Waals surface area contributed by atoms with Crippen LogP contribution in [0.5, 0.6) is 0 Å². The van der Waals surface area contributed by atoms with Crippen LogP contribution >= 0.6 is 0 Å². The van der Waals surface area contributed by atoms with Gasteiger partial charge in [-0.1, -0.05) is 0 Å². The number of piperazine rings is 1. The first-order chi connectivity index (χ1) is 12.4. The van der Waals surface area contributed by atoms with Gasteiger partial charge < -0.3 is 9.80 Å². The van der Waals surface area contributed by atoms with E-state index in [1.807, 2.05) is 16.7 Å². The van der Waals surface area contributed by atoms with Crippen molar-refractivity contribution in [2.45, 2.75) is 38.4 Å². The van der Waals surface area contributed by atoms with Crippen LogP contribution in [0.1, 0.15) is 31.7 Å². The number of likely N-dealkylation sites (tertiary alicyclic amines) is 1. The highest BCUT2D eigenvalue weighted by molar-refractivity contribution is 5.81. The summed E-state index contributed by atoms with van der Waals surface area (Å²) in [7, 11) is 0. The molecule has 3 rings (SSSR count). The van der Waals surface area contributed by atoms with E-state index in [9.17, 15) is 18.0 Å². The van der Waals surface area contributed by atoms with E-state index in [1.54, 1.807) is 0 Å². The Kier molecular flexibility index (Phi) is 5.70. The third-order valence-electron chi connectivity index (χ3n) is 5.29. The van der Waals surface area contributed by atoms with Gasteiger partial charge in [0.05, 0.1) is 11.6 Å². The fourth-order valence-corrected chi connectivity index (χ4v) is 3.61. The Morgan fingerprint density at radius 1 is 1.04 bits per heavy atom. The van der Waals surface area contributed by atoms with Crippen molar-refractivity contribution in [2.24, 2.45) is 0 Å². The molecule has 0 radical (unpaired) electrons. The van der Waals surface area contributed by atoms with E-state index in [1.165, 1.54) is 12.5 Å². The van der Waals surface area contributed by atoms with Gasteiger partial charge in [-0.05, 0) is 38.3 Å². The number of halogens is 3. The molecule has 0 N–H and O–H groups in total. The molecule has 0 bridgehead atoms. The van der Waals surface area contributed by atoms with Crippen LogP contribution in [0.4, 0.5) is 19.0 Å². The number of alkyl halides is 3. The van der Waals surface area contributed by atoms with Crippen LogP contribution in [0, 0.1) is 0 Å². The van der Waals surface area contributed by atoms with Crippen LogP contribution in [0.25, 0.3) is 0 Å². The zero-order chi connectivity index (χ0) is 18.7. The fraction of sp³-hybridized carbons (Fsp3) is 0.667. The molecule has 1 atom stereocenters. The number of piperidine rings is 1. The highest BCUT2D eigenvalue weighted by Crippen LogP contribution is 2.29. The number of anilines is 1. The molecule has 2 aliphatic rings. The molecule has 0 saturated carbocycles. The van der Waals surface area contributed by atoms with Crippen molar-refractivity contribution in [1.29, 1.82) is 0 Å². The largest absolute Gasteiger partial charge is 0.417 e. The summed E-state index contributed by atoms with van der Waals surface area (Å²) in [5.41, 5.74) is -0.736. The fourth-order valence-electron chi connectivity index (χ4n) is 3.61. The number of nitrogens with zero attached hydrogens (tertiary/aromatic N) is 4. The van der Waals surface area contributed by atoms with Gasteiger partial charge in [-0.2, -0.15) is 13.2 Å². The van der Waals surface area contributed by atoms with Gasteiger partial charge in [-0.3, -0.25) is 9.69 Å². The smallest absolute Gasteiger partial charge is 0.354 e. The minimum absolute atomic E-state index is 0.157. The Bertz CT molecular complexity index is 606. The molecule has 5 nitrogen and oxygen atoms in total. The summed E-state index contributed by atoms with van der Waals surface area (Å²) in [6, 6.07) is 2.33. The third-order valence-corrected chi connectivity index (χ3v) is 5.29. The summed E-state index contributed by atoms with van der Waals surface area (Å²) in [5.74, 6) is 0.735. The van der Waals surface area contributed by atoms with Crippen molar-refractivity contribution in [3.63, 3.8) is 0 Å². The molecule has 2 aliphatic heterocycles. The Morgan fingerprint density at radius 2 is 1.69 bits per heavy atom. The highest BCUT2D eigenvalue weighted by Gasteiger charge is 2.32. The molecule has 144 valence electrons. The topological polar surface area (TPSA) is 39.7 Å². The summed E-state index contributed by atoms with van der Waals surface area (Å²) in [6.45, 7) is 6.33. The Labute approximate surface area is 151 Å². The van der Waals surface area contributed by atoms with E-state index < -0.39 is 11.7 Å². The van der Waals surface area contributed by atoms with Gasteiger partial charge in [-0.25, -0.2) is 4.98 Å². The average Bonchev–Trinajstić information content (AvgIpc) is 2.67. The van der Waals surface area contributed by atoms with Crippen molar-refractivity contribution < 1.29 is 18.0 Å². The van der Waals surface area contributed by atoms with Crippen molar-refractivity contribution in [2.75, 3.05) is 44.2 Å². The van der Waals surface area contributed by atoms with Crippen LogP contribution in [-0.4, -0.2) is 66.0 Å². The second-order valence-electron chi connectivity index (χ2n) is 6.99. The summed E-state index contributed by atoms with van der Waals surface area (Å²) in [6.07, 6.45) is -0.146. The van der Waals surface area contributed by atoms with Crippen LogP contribution in [0.3, 0.4) is 0 Å². The molecule has 8 heteroatoms. The number of carbonyl (C=O) groups excluding carboxylic acids is 1. The van der Waals surface area contributed by atoms with Gasteiger partial charge in [0.1, 0.15) is 5.82 Å². The first-order valence-electron chi connectivity index (χ1n) is 9.17. The monoisotopic (exact) mass is 370 g/mol. The quantitative estimate of drug-likeness (QED) is 0.820. The van der Waals surface area contributed by atoms with Crippen molar-refractivity contribution in [3.05, 3.63) is 23.9 Å². The number of amides is 1. The molecule has 0 aliphatic carbocycles. The molecule has 2 saturated heterocycles. The number of aromatic nitrogens is 1. The third kappa shape index (κ3) is 4.28. The number of hydrogen-bond donors (Lipinski definition) is 0. The molecule has 1 aromatic heterocycles. The van der Waals surface area contributed by atoms with Crippen molar-refractivity contribution in [1.82, 2.24) is 14.8 Å². The van der Waals surface area contributed by atoms with Crippen LogP contribution in [-0.2, 0) is 11.0 Å². The standard InChI is InChI=1S/C18H25F3N4O/c1-14(17(26)25-7-3-2-4-8-25)23-9-11-24(12-10-23)16-6-5-15(13-22-16)18(19,20)21/h5-6,13-14H,2-4,7-12H2,1H3. The Balaban J connectivity index is 1.54. The molecule has 1 unspecified atom stereocenters. The number of hydrogen-bond acceptors (Lipinski definition) is 4. The maximum absolute atomic E-state index is 12.6. The molecule has 1 aromatic rings. The van der Waals surface area contributed by atoms with Crippen LogP contribution in [0.15, 0.2) is 18.3 Å². The summed E-state index contributed by atoms with van der Waals surface area (Å²) in [4.78, 5) is 22.7. The molecular formula is C18H25F3N4O. The normalized spacial score (nSPS) is 20.9. The van der Waals surface area contributed by atoms with Gasteiger partial charge in [0.15, 0.2) is 0 Å². The molecule has 2 fully saturated rings. The van der Waals surface area contributed by atoms with Crippen molar-refractivity contribution >= 4 is 11.7 Å². The molecule has 0 aromatic carbocycles. The van der Waals surface area contributed by atoms with Crippen LogP contribution in [0.2, 0.25) is 0 Å². The first kappa shape index (κ1) is 18.9. The first-order valence-corrected chi connectivity index (χ1v) is 9.17. The zero-order valence-electron chi connectivity index (χ0n) is 15.0. The Hall–Kier alpha value is -1.83. The van der Waals surface area contributed by atoms with E-state index in [0.717, 1.165) is 38.2 Å². The number of rotatable bonds is 3. The zero-order valence-corrected chi connectivity index (χ0v) is 15.0. The number of carbonyl (C=O) groups is 1. The van der Waals surface area contributed by atoms with Gasteiger partial charge in [0.25, 0.3) is 0 Å². The van der Waals surface area contributed by atoms with E-state index in [-0.39, 0.29) is 11.9 Å². The van der Waals surface area contributed by atoms with E-state index in [2.05, 4.69) is 9.88 Å². The average molecular weight is 370 g/mol. The predicted octanol–water partition coefficient (Wildman–Crippen LogP) is 2.62. The summed E-state index contributed by atoms with van der Waals surface area (Å²) >= 11 is 0. The Morgan fingerprint density at radius 3 is 2.23 bits per heavy atom. The molecule has 26 heavy (non-hydrogen) atoms. The summed E-state index contributed by atoms with van der Waals surface area (Å²) in [5, 5.41) is 0. The molecule has 0 spiro atoms.